The quantitative estimate of drug-likeness (QED) is 0.286. The predicted molar refractivity (Wildman–Crippen MR) is 104 cm³/mol. The standard InChI is InChI=1S/C18H18N3O5S.Na.H2O/c1-11-7-14(9-17(25-4)12(11)2)21-15(10-19-20-21)13-5-6-16(24-3)18(8-13)26-27(22)23;;/h5-10H,1-4H3;;1H2/q-1;+1;/p+1. The van der Waals surface area contributed by atoms with Gasteiger partial charge in [-0.1, -0.05) is 5.21 Å². The number of hydrogen-bond donors (Lipinski definition) is 0. The van der Waals surface area contributed by atoms with Gasteiger partial charge < -0.3 is 27.6 Å². The minimum Gasteiger partial charge on any atom is -0.530 e. The van der Waals surface area contributed by atoms with Crippen molar-refractivity contribution in [2.75, 3.05) is 14.2 Å². The third-order valence-corrected chi connectivity index (χ3v) is 4.55. The summed E-state index contributed by atoms with van der Waals surface area (Å²) in [5, 5.41) is 8.15. The smallest absolute Gasteiger partial charge is 0.530 e. The fourth-order valence-electron chi connectivity index (χ4n) is 2.74. The van der Waals surface area contributed by atoms with Gasteiger partial charge in [0.1, 0.15) is 22.5 Å². The molecule has 11 heteroatoms. The van der Waals surface area contributed by atoms with Crippen LogP contribution in [0.5, 0.6) is 17.2 Å². The third-order valence-electron chi connectivity index (χ3n) is 4.24. The van der Waals surface area contributed by atoms with Crippen LogP contribution in [0.1, 0.15) is 11.1 Å². The molecule has 0 unspecified atom stereocenters. The molecule has 29 heavy (non-hydrogen) atoms. The van der Waals surface area contributed by atoms with Gasteiger partial charge in [0.05, 0.1) is 31.8 Å². The largest absolute Gasteiger partial charge is 1.00 e. The number of aromatic nitrogens is 3. The van der Waals surface area contributed by atoms with Crippen LogP contribution in [0.15, 0.2) is 36.5 Å². The van der Waals surface area contributed by atoms with Crippen molar-refractivity contribution in [1.82, 2.24) is 15.0 Å². The molecule has 3 aromatic rings. The summed E-state index contributed by atoms with van der Waals surface area (Å²) in [5.41, 5.74) is 4.18. The zero-order valence-electron chi connectivity index (χ0n) is 16.8. The molecule has 150 valence electrons. The Morgan fingerprint density at radius 2 is 1.66 bits per heavy atom. The Morgan fingerprint density at radius 3 is 2.28 bits per heavy atom. The molecule has 0 aliphatic rings. The van der Waals surface area contributed by atoms with Crippen molar-refractivity contribution in [1.29, 1.82) is 0 Å². The SMILES string of the molecule is COc1ccc(-c2cnnn2-c2cc(C)c(C)c(OC)c2)cc1O[S-](=O)=O.[Na+].[OH3+]. The average molecular weight is 430 g/mol. The second-order valence-electron chi connectivity index (χ2n) is 5.77. The van der Waals surface area contributed by atoms with E-state index in [1.807, 2.05) is 26.0 Å². The van der Waals surface area contributed by atoms with E-state index in [0.29, 0.717) is 17.0 Å². The maximum atomic E-state index is 10.9. The third kappa shape index (κ3) is 5.28. The number of methoxy groups -OCH3 is 2. The molecule has 0 spiro atoms. The molecule has 0 bridgehead atoms. The van der Waals surface area contributed by atoms with Gasteiger partial charge in [0.2, 0.25) is 0 Å². The number of hydrogen-bond acceptors (Lipinski definition) is 8. The molecule has 1 heterocycles. The van der Waals surface area contributed by atoms with Crippen LogP contribution in [0.2, 0.25) is 0 Å². The van der Waals surface area contributed by atoms with Gasteiger partial charge in [0, 0.05) is 11.6 Å². The number of aryl methyl sites for hydroxylation is 1. The molecule has 0 fully saturated rings. The normalized spacial score (nSPS) is 10.1. The maximum Gasteiger partial charge on any atom is 1.00 e. The van der Waals surface area contributed by atoms with Crippen molar-refractivity contribution in [2.24, 2.45) is 0 Å². The van der Waals surface area contributed by atoms with Crippen LogP contribution in [0.4, 0.5) is 0 Å². The molecule has 0 aliphatic carbocycles. The van der Waals surface area contributed by atoms with Gasteiger partial charge in [-0.3, -0.25) is 0 Å². The summed E-state index contributed by atoms with van der Waals surface area (Å²) in [6.45, 7) is 3.97. The van der Waals surface area contributed by atoms with E-state index in [2.05, 4.69) is 10.3 Å². The minimum atomic E-state index is -2.72. The summed E-state index contributed by atoms with van der Waals surface area (Å²) in [4.78, 5) is 0. The molecule has 0 atom stereocenters. The molecule has 9 nitrogen and oxygen atoms in total. The molecular formula is C18H21N3NaO6S+. The Kier molecular flexibility index (Phi) is 9.12. The monoisotopic (exact) mass is 430 g/mol. The minimum absolute atomic E-state index is 0. The Balaban J connectivity index is 0.00000210. The molecule has 0 aliphatic heterocycles. The molecule has 3 rings (SSSR count). The Morgan fingerprint density at radius 1 is 0.966 bits per heavy atom. The van der Waals surface area contributed by atoms with Crippen LogP contribution in [0, 0.1) is 13.8 Å². The van der Waals surface area contributed by atoms with E-state index >= 15 is 0 Å². The van der Waals surface area contributed by atoms with Crippen LogP contribution in [0.25, 0.3) is 16.9 Å². The second kappa shape index (κ2) is 10.6. The summed E-state index contributed by atoms with van der Waals surface area (Å²) in [6.07, 6.45) is 1.58. The summed E-state index contributed by atoms with van der Waals surface area (Å²) in [6, 6.07) is 8.79. The number of nitrogens with zero attached hydrogens (tertiary/aromatic N) is 3. The number of benzene rings is 2. The summed E-state index contributed by atoms with van der Waals surface area (Å²) >= 11 is 0. The molecule has 0 radical (unpaired) electrons. The molecule has 0 saturated heterocycles. The molecule has 3 N–H and O–H groups in total. The number of rotatable bonds is 6. The van der Waals surface area contributed by atoms with Crippen LogP contribution in [-0.4, -0.2) is 29.2 Å². The fourth-order valence-corrected chi connectivity index (χ4v) is 3.02. The average Bonchev–Trinajstić information content (AvgIpc) is 3.13. The zero-order valence-corrected chi connectivity index (χ0v) is 19.6. The van der Waals surface area contributed by atoms with Crippen molar-refractivity contribution < 1.29 is 57.1 Å². The Bertz CT molecular complexity index is 1060. The molecular weight excluding hydrogens is 409 g/mol. The van der Waals surface area contributed by atoms with E-state index in [0.717, 1.165) is 22.6 Å². The van der Waals surface area contributed by atoms with E-state index in [9.17, 15) is 8.42 Å². The van der Waals surface area contributed by atoms with Gasteiger partial charge in [-0.2, -0.15) is 0 Å². The Hall–Kier alpha value is -2.11. The molecule has 2 aromatic carbocycles. The molecule has 1 aromatic heterocycles. The van der Waals surface area contributed by atoms with E-state index < -0.39 is 11.0 Å². The second-order valence-corrected chi connectivity index (χ2v) is 6.35. The summed E-state index contributed by atoms with van der Waals surface area (Å²) in [5.74, 6) is 1.12. The van der Waals surface area contributed by atoms with Gasteiger partial charge in [-0.25, -0.2) is 4.68 Å². The van der Waals surface area contributed by atoms with Crippen LogP contribution in [-0.2, 0) is 24.9 Å². The first kappa shape index (κ1) is 24.9. The van der Waals surface area contributed by atoms with Crippen LogP contribution < -0.4 is 43.2 Å². The maximum absolute atomic E-state index is 10.9. The summed E-state index contributed by atoms with van der Waals surface area (Å²) < 4.78 is 38.9. The van der Waals surface area contributed by atoms with Gasteiger partial charge in [-0.15, -0.1) is 5.10 Å². The van der Waals surface area contributed by atoms with Gasteiger partial charge in [0.15, 0.2) is 5.75 Å². The Labute approximate surface area is 192 Å². The first-order valence-corrected chi connectivity index (χ1v) is 8.97. The topological polar surface area (TPSA) is 126 Å². The summed E-state index contributed by atoms with van der Waals surface area (Å²) in [7, 11) is 0.329. The first-order valence-electron chi connectivity index (χ1n) is 7.97. The van der Waals surface area contributed by atoms with Crippen molar-refractivity contribution in [3.63, 3.8) is 0 Å². The van der Waals surface area contributed by atoms with Crippen molar-refractivity contribution in [3.8, 4) is 34.2 Å². The van der Waals surface area contributed by atoms with Gasteiger partial charge >= 0.3 is 29.6 Å². The van der Waals surface area contributed by atoms with Crippen LogP contribution in [0.3, 0.4) is 0 Å². The predicted octanol–water partition coefficient (Wildman–Crippen LogP) is -0.746. The van der Waals surface area contributed by atoms with Crippen molar-refractivity contribution >= 4 is 11.0 Å². The van der Waals surface area contributed by atoms with Crippen molar-refractivity contribution in [3.05, 3.63) is 47.7 Å². The van der Waals surface area contributed by atoms with E-state index in [1.54, 1.807) is 36.2 Å². The van der Waals surface area contributed by atoms with Gasteiger partial charge in [-0.05, 0) is 49.2 Å². The zero-order chi connectivity index (χ0) is 19.6. The fraction of sp³-hybridized carbons (Fsp3) is 0.222. The van der Waals surface area contributed by atoms with E-state index in [-0.39, 0.29) is 40.8 Å². The number of ether oxygens (including phenoxy) is 2. The van der Waals surface area contributed by atoms with Gasteiger partial charge in [0.25, 0.3) is 0 Å². The first-order chi connectivity index (χ1) is 12.9. The molecule has 0 amide bonds. The van der Waals surface area contributed by atoms with Crippen LogP contribution >= 0.6 is 0 Å². The van der Waals surface area contributed by atoms with Crippen molar-refractivity contribution in [2.45, 2.75) is 13.8 Å². The van der Waals surface area contributed by atoms with E-state index in [4.69, 9.17) is 13.7 Å². The molecule has 0 saturated carbocycles. The van der Waals surface area contributed by atoms with E-state index in [1.165, 1.54) is 7.11 Å².